The Labute approximate surface area is 215 Å². The third kappa shape index (κ3) is 6.04. The number of carbonyl (C=O) groups is 1. The van der Waals surface area contributed by atoms with Gasteiger partial charge in [0, 0.05) is 11.3 Å². The summed E-state index contributed by atoms with van der Waals surface area (Å²) in [5, 5.41) is 5.47. The second-order valence-corrected chi connectivity index (χ2v) is 9.81. The summed E-state index contributed by atoms with van der Waals surface area (Å²) < 4.78 is 44.1. The van der Waals surface area contributed by atoms with Gasteiger partial charge in [0.25, 0.3) is 15.9 Å². The number of amides is 1. The van der Waals surface area contributed by atoms with Crippen LogP contribution in [0.4, 0.5) is 11.4 Å². The summed E-state index contributed by atoms with van der Waals surface area (Å²) >= 11 is 5.24. The molecule has 0 saturated carbocycles. The van der Waals surface area contributed by atoms with Gasteiger partial charge in [0.15, 0.2) is 16.6 Å². The number of rotatable bonds is 8. The van der Waals surface area contributed by atoms with Crippen molar-refractivity contribution >= 4 is 44.6 Å². The average molecular weight is 530 g/mol. The number of aryl methyl sites for hydroxylation is 2. The molecule has 0 saturated heterocycles. The fraction of sp³-hybridized carbons (Fsp3) is 0.200. The van der Waals surface area contributed by atoms with E-state index in [1.165, 1.54) is 45.6 Å². The van der Waals surface area contributed by atoms with E-state index in [1.54, 1.807) is 12.1 Å². The lowest BCUT2D eigenvalue weighted by Gasteiger charge is -2.15. The smallest absolute Gasteiger partial charge is 0.261 e. The van der Waals surface area contributed by atoms with Crippen molar-refractivity contribution < 1.29 is 27.4 Å². The zero-order valence-corrected chi connectivity index (χ0v) is 22.1. The lowest BCUT2D eigenvalue weighted by Crippen LogP contribution is -2.34. The number of methoxy groups -OCH3 is 3. The highest BCUT2D eigenvalue weighted by atomic mass is 32.2. The van der Waals surface area contributed by atoms with Gasteiger partial charge in [0.2, 0.25) is 5.75 Å². The van der Waals surface area contributed by atoms with Gasteiger partial charge in [-0.05, 0) is 73.6 Å². The fourth-order valence-electron chi connectivity index (χ4n) is 3.44. The summed E-state index contributed by atoms with van der Waals surface area (Å²) in [6.07, 6.45) is 0. The van der Waals surface area contributed by atoms with Crippen LogP contribution < -0.4 is 29.6 Å². The first-order valence-electron chi connectivity index (χ1n) is 10.7. The van der Waals surface area contributed by atoms with Gasteiger partial charge >= 0.3 is 0 Å². The molecule has 11 heteroatoms. The third-order valence-electron chi connectivity index (χ3n) is 5.29. The molecule has 9 nitrogen and oxygen atoms in total. The Morgan fingerprint density at radius 1 is 0.861 bits per heavy atom. The molecule has 0 fully saturated rings. The number of para-hydroxylation sites is 1. The summed E-state index contributed by atoms with van der Waals surface area (Å²) in [6, 6.07) is 14.5. The van der Waals surface area contributed by atoms with Gasteiger partial charge in [-0.3, -0.25) is 14.8 Å². The molecule has 0 heterocycles. The van der Waals surface area contributed by atoms with Gasteiger partial charge in [-0.25, -0.2) is 8.42 Å². The highest BCUT2D eigenvalue weighted by Crippen LogP contribution is 2.38. The van der Waals surface area contributed by atoms with Crippen molar-refractivity contribution in [2.45, 2.75) is 18.7 Å². The van der Waals surface area contributed by atoms with Crippen LogP contribution in [-0.2, 0) is 10.0 Å². The number of benzene rings is 3. The van der Waals surface area contributed by atoms with Crippen molar-refractivity contribution in [3.63, 3.8) is 0 Å². The molecule has 3 rings (SSSR count). The molecule has 0 aliphatic heterocycles. The summed E-state index contributed by atoms with van der Waals surface area (Å²) in [4.78, 5) is 12.8. The van der Waals surface area contributed by atoms with Crippen LogP contribution in [-0.4, -0.2) is 40.8 Å². The van der Waals surface area contributed by atoms with Crippen molar-refractivity contribution in [1.82, 2.24) is 5.32 Å². The summed E-state index contributed by atoms with van der Waals surface area (Å²) in [5.74, 6) is 0.516. The monoisotopic (exact) mass is 529 g/mol. The molecule has 0 bridgehead atoms. The molecule has 3 N–H and O–H groups in total. The Hall–Kier alpha value is -3.83. The maximum Gasteiger partial charge on any atom is 0.261 e. The van der Waals surface area contributed by atoms with E-state index in [2.05, 4.69) is 15.4 Å². The molecule has 0 spiro atoms. The van der Waals surface area contributed by atoms with Crippen molar-refractivity contribution in [2.75, 3.05) is 31.4 Å². The van der Waals surface area contributed by atoms with E-state index < -0.39 is 15.9 Å². The standard InChI is InChI=1S/C25H27N3O6S2/c1-15-7-6-8-16(2)22(15)28-36(30,31)19-11-9-18(10-12-19)26-25(35)27-24(29)17-13-20(32-3)23(34-5)21(14-17)33-4/h6-14,28H,1-5H3,(H2,26,27,29,35). The van der Waals surface area contributed by atoms with Crippen LogP contribution in [0.5, 0.6) is 17.2 Å². The maximum atomic E-state index is 12.8. The highest BCUT2D eigenvalue weighted by Gasteiger charge is 2.19. The minimum absolute atomic E-state index is 0.0259. The number of thiocarbonyl (C=S) groups is 1. The van der Waals surface area contributed by atoms with Crippen LogP contribution in [0, 0.1) is 13.8 Å². The normalized spacial score (nSPS) is 10.8. The molecule has 36 heavy (non-hydrogen) atoms. The second-order valence-electron chi connectivity index (χ2n) is 7.72. The van der Waals surface area contributed by atoms with Gasteiger partial charge in [-0.15, -0.1) is 0 Å². The first kappa shape index (κ1) is 26.8. The minimum Gasteiger partial charge on any atom is -0.493 e. The lowest BCUT2D eigenvalue weighted by molar-refractivity contribution is 0.0977. The van der Waals surface area contributed by atoms with E-state index in [0.717, 1.165) is 11.1 Å². The van der Waals surface area contributed by atoms with E-state index in [9.17, 15) is 13.2 Å². The first-order valence-corrected chi connectivity index (χ1v) is 12.6. The SMILES string of the molecule is COc1cc(C(=O)NC(=S)Nc2ccc(S(=O)(=O)Nc3c(C)cccc3C)cc2)cc(OC)c1OC. The quantitative estimate of drug-likeness (QED) is 0.371. The molecule has 3 aromatic carbocycles. The summed E-state index contributed by atoms with van der Waals surface area (Å²) in [7, 11) is 0.578. The second kappa shape index (κ2) is 11.3. The van der Waals surface area contributed by atoms with Crippen LogP contribution in [0.15, 0.2) is 59.5 Å². The highest BCUT2D eigenvalue weighted by molar-refractivity contribution is 7.92. The van der Waals surface area contributed by atoms with Gasteiger partial charge in [-0.2, -0.15) is 0 Å². The molecule has 190 valence electrons. The molecular formula is C25H27N3O6S2. The largest absolute Gasteiger partial charge is 0.493 e. The number of hydrogen-bond donors (Lipinski definition) is 3. The minimum atomic E-state index is -3.79. The van der Waals surface area contributed by atoms with Crippen LogP contribution in [0.3, 0.4) is 0 Å². The van der Waals surface area contributed by atoms with Crippen molar-refractivity contribution in [2.24, 2.45) is 0 Å². The zero-order chi connectivity index (χ0) is 26.5. The van der Waals surface area contributed by atoms with E-state index in [1.807, 2.05) is 32.0 Å². The summed E-state index contributed by atoms with van der Waals surface area (Å²) in [6.45, 7) is 3.68. The molecule has 0 aliphatic carbocycles. The zero-order valence-electron chi connectivity index (χ0n) is 20.5. The Morgan fingerprint density at radius 2 is 1.42 bits per heavy atom. The molecule has 0 aromatic heterocycles. The molecule has 3 aromatic rings. The van der Waals surface area contributed by atoms with Crippen molar-refractivity contribution in [1.29, 1.82) is 0 Å². The Bertz CT molecular complexity index is 1340. The van der Waals surface area contributed by atoms with Crippen LogP contribution in [0.2, 0.25) is 0 Å². The van der Waals surface area contributed by atoms with Crippen LogP contribution >= 0.6 is 12.2 Å². The molecule has 0 aliphatic rings. The molecule has 0 atom stereocenters. The lowest BCUT2D eigenvalue weighted by atomic mass is 10.1. The van der Waals surface area contributed by atoms with E-state index >= 15 is 0 Å². The van der Waals surface area contributed by atoms with Gasteiger partial charge in [0.05, 0.1) is 31.9 Å². The predicted octanol–water partition coefficient (Wildman–Crippen LogP) is 4.26. The Morgan fingerprint density at radius 3 is 1.92 bits per heavy atom. The predicted molar refractivity (Wildman–Crippen MR) is 143 cm³/mol. The average Bonchev–Trinajstić information content (AvgIpc) is 2.85. The molecule has 1 amide bonds. The third-order valence-corrected chi connectivity index (χ3v) is 6.86. The van der Waals surface area contributed by atoms with E-state index in [4.69, 9.17) is 26.4 Å². The van der Waals surface area contributed by atoms with Crippen molar-refractivity contribution in [3.8, 4) is 17.2 Å². The number of nitrogens with one attached hydrogen (secondary N) is 3. The van der Waals surface area contributed by atoms with Crippen LogP contribution in [0.1, 0.15) is 21.5 Å². The number of anilines is 2. The Balaban J connectivity index is 1.69. The van der Waals surface area contributed by atoms with E-state index in [0.29, 0.717) is 28.6 Å². The first-order chi connectivity index (χ1) is 17.1. The molecular weight excluding hydrogens is 502 g/mol. The van der Waals surface area contributed by atoms with Gasteiger partial charge in [0.1, 0.15) is 0 Å². The van der Waals surface area contributed by atoms with Crippen molar-refractivity contribution in [3.05, 3.63) is 71.3 Å². The summed E-state index contributed by atoms with van der Waals surface area (Å²) in [5.41, 5.74) is 2.94. The fourth-order valence-corrected chi connectivity index (χ4v) is 4.85. The maximum absolute atomic E-state index is 12.8. The van der Waals surface area contributed by atoms with Gasteiger partial charge < -0.3 is 19.5 Å². The Kier molecular flexibility index (Phi) is 8.38. The number of sulfonamides is 1. The number of hydrogen-bond acceptors (Lipinski definition) is 7. The number of ether oxygens (including phenoxy) is 3. The number of carbonyl (C=O) groups excluding carboxylic acids is 1. The molecule has 0 unspecified atom stereocenters. The van der Waals surface area contributed by atoms with Crippen LogP contribution in [0.25, 0.3) is 0 Å². The topological polar surface area (TPSA) is 115 Å². The van der Waals surface area contributed by atoms with E-state index in [-0.39, 0.29) is 15.6 Å². The van der Waals surface area contributed by atoms with Gasteiger partial charge in [-0.1, -0.05) is 18.2 Å². The molecule has 0 radical (unpaired) electrons.